The monoisotopic (exact) mass is 420 g/mol. The molecule has 0 aliphatic heterocycles. The summed E-state index contributed by atoms with van der Waals surface area (Å²) in [5.74, 6) is -2.48. The number of nitrogens with one attached hydrogen (secondary N) is 2. The van der Waals surface area contributed by atoms with Crippen LogP contribution in [0.2, 0.25) is 0 Å². The van der Waals surface area contributed by atoms with Crippen LogP contribution in [0.4, 0.5) is 0 Å². The summed E-state index contributed by atoms with van der Waals surface area (Å²) < 4.78 is 0. The van der Waals surface area contributed by atoms with E-state index >= 15 is 0 Å². The van der Waals surface area contributed by atoms with Gasteiger partial charge in [-0.05, 0) is 11.1 Å². The van der Waals surface area contributed by atoms with E-state index in [1.165, 1.54) is 0 Å². The van der Waals surface area contributed by atoms with E-state index < -0.39 is 34.1 Å². The summed E-state index contributed by atoms with van der Waals surface area (Å²) in [5.41, 5.74) is 4.97. The van der Waals surface area contributed by atoms with Crippen LogP contribution in [0, 0.1) is 20.2 Å². The lowest BCUT2D eigenvalue weighted by molar-refractivity contribution is -0.548. The molecule has 0 unspecified atom stereocenters. The predicted octanol–water partition coefficient (Wildman–Crippen LogP) is 0.927. The molecule has 0 aromatic heterocycles. The molecule has 0 amide bonds. The number of carboxylic acids is 2. The predicted molar refractivity (Wildman–Crippen MR) is 103 cm³/mol. The van der Waals surface area contributed by atoms with Gasteiger partial charge in [0.05, 0.1) is 0 Å². The molecule has 12 nitrogen and oxygen atoms in total. The molecular weight excluding hydrogens is 400 g/mol. The van der Waals surface area contributed by atoms with Crippen molar-refractivity contribution in [2.45, 2.75) is 24.9 Å². The highest BCUT2D eigenvalue weighted by Gasteiger charge is 2.22. The van der Waals surface area contributed by atoms with Crippen LogP contribution >= 0.6 is 0 Å². The summed E-state index contributed by atoms with van der Waals surface area (Å²) in [6.45, 7) is 0. The summed E-state index contributed by atoms with van der Waals surface area (Å²) in [7, 11) is 0. The van der Waals surface area contributed by atoms with Gasteiger partial charge in [0.1, 0.15) is 0 Å². The molecule has 2 atom stereocenters. The van der Waals surface area contributed by atoms with Crippen LogP contribution in [0.1, 0.15) is 11.1 Å². The molecule has 4 N–H and O–H groups in total. The van der Waals surface area contributed by atoms with E-state index in [1.807, 2.05) is 0 Å². The molecule has 30 heavy (non-hydrogen) atoms. The fourth-order valence-electron chi connectivity index (χ4n) is 2.33. The Balaban J connectivity index is 0.000000300. The topological polar surface area (TPSA) is 185 Å². The lowest BCUT2D eigenvalue weighted by Gasteiger charge is -2.08. The molecule has 0 saturated heterocycles. The standard InChI is InChI=1S/2C9H10N2O4/c2*12-9(13)8(10-11(14)15)6-7-4-2-1-3-5-7/h2*1-5,8,10H,6H2,(H,12,13)/t2*8-/m00/s1. The Morgan fingerprint density at radius 1 is 0.733 bits per heavy atom. The van der Waals surface area contributed by atoms with E-state index in [4.69, 9.17) is 10.2 Å². The Hall–Kier alpha value is -4.22. The summed E-state index contributed by atoms with van der Waals surface area (Å²) in [5, 5.41) is 36.0. The minimum Gasteiger partial charge on any atom is -0.480 e. The fraction of sp³-hybridized carbons (Fsp3) is 0.222. The second-order valence-electron chi connectivity index (χ2n) is 5.93. The summed E-state index contributed by atoms with van der Waals surface area (Å²) in [6.07, 6.45) is 0.161. The van der Waals surface area contributed by atoms with Crippen molar-refractivity contribution in [3.8, 4) is 0 Å². The van der Waals surface area contributed by atoms with Crippen LogP contribution in [0.15, 0.2) is 60.7 Å². The molecule has 2 aromatic rings. The molecule has 0 aliphatic carbocycles. The van der Waals surface area contributed by atoms with Crippen molar-refractivity contribution in [3.63, 3.8) is 0 Å². The molecule has 0 fully saturated rings. The zero-order valence-corrected chi connectivity index (χ0v) is 15.6. The molecule has 2 aromatic carbocycles. The molecule has 0 bridgehead atoms. The third kappa shape index (κ3) is 9.64. The quantitative estimate of drug-likeness (QED) is 0.318. The van der Waals surface area contributed by atoms with Crippen LogP contribution in [-0.4, -0.2) is 44.3 Å². The Bertz CT molecular complexity index is 776. The largest absolute Gasteiger partial charge is 0.480 e. The van der Waals surface area contributed by atoms with Crippen molar-refractivity contribution in [2.24, 2.45) is 0 Å². The highest BCUT2D eigenvalue weighted by atomic mass is 16.7. The lowest BCUT2D eigenvalue weighted by atomic mass is 10.1. The van der Waals surface area contributed by atoms with E-state index in [2.05, 4.69) is 0 Å². The third-order valence-electron chi connectivity index (χ3n) is 3.68. The van der Waals surface area contributed by atoms with Crippen molar-refractivity contribution >= 4 is 11.9 Å². The summed E-state index contributed by atoms with van der Waals surface area (Å²) >= 11 is 0. The van der Waals surface area contributed by atoms with Crippen molar-refractivity contribution in [2.75, 3.05) is 0 Å². The molecule has 12 heteroatoms. The van der Waals surface area contributed by atoms with Crippen molar-refractivity contribution in [1.29, 1.82) is 0 Å². The maximum Gasteiger partial charge on any atom is 0.332 e. The molecule has 0 spiro atoms. The molecular formula is C18H20N4O8. The summed E-state index contributed by atoms with van der Waals surface area (Å²) in [6, 6.07) is 15.1. The van der Waals surface area contributed by atoms with E-state index in [9.17, 15) is 29.8 Å². The van der Waals surface area contributed by atoms with Crippen molar-refractivity contribution < 1.29 is 29.9 Å². The highest BCUT2D eigenvalue weighted by Crippen LogP contribution is 2.04. The number of rotatable bonds is 10. The molecule has 160 valence electrons. The molecule has 0 aliphatic rings. The van der Waals surface area contributed by atoms with Gasteiger partial charge < -0.3 is 10.2 Å². The van der Waals surface area contributed by atoms with Gasteiger partial charge in [-0.1, -0.05) is 60.7 Å². The molecule has 0 saturated carbocycles. The number of benzene rings is 2. The maximum absolute atomic E-state index is 10.7. The normalized spacial score (nSPS) is 11.7. The Morgan fingerprint density at radius 3 is 1.27 bits per heavy atom. The van der Waals surface area contributed by atoms with Gasteiger partial charge in [-0.25, -0.2) is 29.8 Å². The van der Waals surface area contributed by atoms with E-state index in [0.717, 1.165) is 11.1 Å². The number of carboxylic acid groups (broad SMARTS) is 2. The fourth-order valence-corrected chi connectivity index (χ4v) is 2.33. The van der Waals surface area contributed by atoms with E-state index in [0.29, 0.717) is 0 Å². The SMILES string of the molecule is O=C(O)[C@H](Cc1ccccc1)N[N+](=O)[O-].O=C(O)[C@H](Cc1ccccc1)N[N+](=O)[O-]. The Labute approximate surface area is 170 Å². The van der Waals surface area contributed by atoms with Gasteiger partial charge in [0.25, 0.3) is 0 Å². The number of hydrazine groups is 2. The smallest absolute Gasteiger partial charge is 0.332 e. The minimum atomic E-state index is -1.24. The molecule has 0 heterocycles. The van der Waals surface area contributed by atoms with E-state index in [-0.39, 0.29) is 12.8 Å². The number of hydrogen-bond donors (Lipinski definition) is 4. The maximum atomic E-state index is 10.7. The van der Waals surface area contributed by atoms with Crippen LogP contribution in [-0.2, 0) is 22.4 Å². The van der Waals surface area contributed by atoms with Crippen LogP contribution in [0.25, 0.3) is 0 Å². The average molecular weight is 420 g/mol. The van der Waals surface area contributed by atoms with Crippen LogP contribution < -0.4 is 10.9 Å². The lowest BCUT2D eigenvalue weighted by Crippen LogP contribution is -2.41. The van der Waals surface area contributed by atoms with Gasteiger partial charge in [-0.15, -0.1) is 10.9 Å². The number of nitro groups is 2. The van der Waals surface area contributed by atoms with Gasteiger partial charge in [-0.3, -0.25) is 0 Å². The first-order valence-corrected chi connectivity index (χ1v) is 8.53. The van der Waals surface area contributed by atoms with Gasteiger partial charge in [0.15, 0.2) is 22.1 Å². The Kier molecular flexibility index (Phi) is 9.75. The number of carbonyl (C=O) groups is 2. The third-order valence-corrected chi connectivity index (χ3v) is 3.68. The first-order chi connectivity index (χ1) is 14.2. The van der Waals surface area contributed by atoms with Gasteiger partial charge in [0.2, 0.25) is 0 Å². The Morgan fingerprint density at radius 2 is 1.03 bits per heavy atom. The molecule has 0 radical (unpaired) electrons. The van der Waals surface area contributed by atoms with Crippen molar-refractivity contribution in [1.82, 2.24) is 10.9 Å². The second kappa shape index (κ2) is 12.3. The van der Waals surface area contributed by atoms with Crippen LogP contribution in [0.5, 0.6) is 0 Å². The molecule has 2 rings (SSSR count). The van der Waals surface area contributed by atoms with Gasteiger partial charge in [0, 0.05) is 12.8 Å². The first-order valence-electron chi connectivity index (χ1n) is 8.53. The number of aliphatic carboxylic acids is 2. The van der Waals surface area contributed by atoms with Gasteiger partial charge >= 0.3 is 11.9 Å². The zero-order valence-electron chi connectivity index (χ0n) is 15.6. The number of hydrogen-bond acceptors (Lipinski definition) is 6. The number of nitrogens with zero attached hydrogens (tertiary/aromatic N) is 2. The second-order valence-corrected chi connectivity index (χ2v) is 5.93. The summed E-state index contributed by atoms with van der Waals surface area (Å²) in [4.78, 5) is 41.6. The van der Waals surface area contributed by atoms with E-state index in [1.54, 1.807) is 71.5 Å². The zero-order chi connectivity index (χ0) is 22.5. The van der Waals surface area contributed by atoms with Gasteiger partial charge in [-0.2, -0.15) is 0 Å². The van der Waals surface area contributed by atoms with Crippen molar-refractivity contribution in [3.05, 3.63) is 92.0 Å². The average Bonchev–Trinajstić information content (AvgIpc) is 2.68. The first kappa shape index (κ1) is 23.8. The van der Waals surface area contributed by atoms with Crippen LogP contribution in [0.3, 0.4) is 0 Å². The minimum absolute atomic E-state index is 0.0805. The highest BCUT2D eigenvalue weighted by molar-refractivity contribution is 5.74.